The highest BCUT2D eigenvalue weighted by atomic mass is 127. The van der Waals surface area contributed by atoms with Crippen LogP contribution in [0.2, 0.25) is 0 Å². The number of nitrogens with one attached hydrogen (secondary N) is 1. The average Bonchev–Trinajstić information content (AvgIpc) is 2.32. The predicted octanol–water partition coefficient (Wildman–Crippen LogP) is 2.92. The van der Waals surface area contributed by atoms with Crippen LogP contribution < -0.4 is 16.0 Å². The van der Waals surface area contributed by atoms with Gasteiger partial charge >= 0.3 is 0 Å². The Bertz CT molecular complexity index is 537. The predicted molar refractivity (Wildman–Crippen MR) is 76.8 cm³/mol. The highest BCUT2D eigenvalue weighted by Crippen LogP contribution is 2.28. The fraction of sp³-hybridized carbons (Fsp3) is 0. The molecule has 1 aromatic carbocycles. The molecule has 0 aliphatic carbocycles. The van der Waals surface area contributed by atoms with E-state index in [4.69, 9.17) is 10.6 Å². The van der Waals surface area contributed by atoms with E-state index in [2.05, 4.69) is 53.9 Å². The van der Waals surface area contributed by atoms with Crippen molar-refractivity contribution < 1.29 is 4.74 Å². The number of hydrazine groups is 1. The minimum atomic E-state index is 0.300. The van der Waals surface area contributed by atoms with Gasteiger partial charge in [0.15, 0.2) is 0 Å². The first-order valence-electron chi connectivity index (χ1n) is 4.61. The number of halogens is 2. The standard InChI is InChI=1S/C10H8BrIN4O/c11-8-5-14-10(16-13)15-9(8)17-7-3-1-2-6(12)4-7/h1-5H,13H2,(H,14,15,16). The van der Waals surface area contributed by atoms with E-state index in [0.717, 1.165) is 3.57 Å². The summed E-state index contributed by atoms with van der Waals surface area (Å²) in [5.74, 6) is 6.66. The molecule has 7 heteroatoms. The van der Waals surface area contributed by atoms with Crippen molar-refractivity contribution in [2.24, 2.45) is 5.84 Å². The van der Waals surface area contributed by atoms with Gasteiger partial charge in [-0.15, -0.1) is 0 Å². The Morgan fingerprint density at radius 2 is 2.24 bits per heavy atom. The summed E-state index contributed by atoms with van der Waals surface area (Å²) in [6.45, 7) is 0. The molecule has 0 bridgehead atoms. The lowest BCUT2D eigenvalue weighted by atomic mass is 10.3. The van der Waals surface area contributed by atoms with E-state index in [1.807, 2.05) is 24.3 Å². The molecule has 0 saturated carbocycles. The van der Waals surface area contributed by atoms with Crippen molar-refractivity contribution in [1.82, 2.24) is 9.97 Å². The van der Waals surface area contributed by atoms with Crippen LogP contribution in [0.25, 0.3) is 0 Å². The zero-order chi connectivity index (χ0) is 12.3. The topological polar surface area (TPSA) is 73.1 Å². The van der Waals surface area contributed by atoms with Crippen LogP contribution in [0.15, 0.2) is 34.9 Å². The number of nitrogen functional groups attached to an aromatic ring is 1. The van der Waals surface area contributed by atoms with E-state index in [0.29, 0.717) is 22.1 Å². The third-order valence-electron chi connectivity index (χ3n) is 1.85. The fourth-order valence-electron chi connectivity index (χ4n) is 1.13. The molecule has 1 aromatic heterocycles. The van der Waals surface area contributed by atoms with Gasteiger partial charge in [0.2, 0.25) is 11.8 Å². The molecule has 2 aromatic rings. The SMILES string of the molecule is NNc1ncc(Br)c(Oc2cccc(I)c2)n1. The van der Waals surface area contributed by atoms with Crippen molar-refractivity contribution in [3.63, 3.8) is 0 Å². The Morgan fingerprint density at radius 3 is 2.94 bits per heavy atom. The third-order valence-corrected chi connectivity index (χ3v) is 3.07. The van der Waals surface area contributed by atoms with Gasteiger partial charge in [-0.2, -0.15) is 4.98 Å². The molecule has 1 heterocycles. The Kier molecular flexibility index (Phi) is 4.13. The number of aromatic nitrogens is 2. The molecule has 0 unspecified atom stereocenters. The zero-order valence-corrected chi connectivity index (χ0v) is 12.3. The number of anilines is 1. The summed E-state index contributed by atoms with van der Waals surface area (Å²) in [6.07, 6.45) is 1.57. The average molecular weight is 407 g/mol. The molecular weight excluding hydrogens is 399 g/mol. The smallest absolute Gasteiger partial charge is 0.240 e. The number of benzene rings is 1. The number of nitrogens with two attached hydrogens (primary N) is 1. The van der Waals surface area contributed by atoms with Crippen LogP contribution >= 0.6 is 38.5 Å². The summed E-state index contributed by atoms with van der Waals surface area (Å²) >= 11 is 5.53. The summed E-state index contributed by atoms with van der Waals surface area (Å²) < 4.78 is 7.38. The fourth-order valence-corrected chi connectivity index (χ4v) is 1.92. The lowest BCUT2D eigenvalue weighted by Gasteiger charge is -2.07. The largest absolute Gasteiger partial charge is 0.438 e. The number of hydrogen-bond acceptors (Lipinski definition) is 5. The molecule has 0 spiro atoms. The molecule has 0 aliphatic rings. The number of hydrogen-bond donors (Lipinski definition) is 2. The van der Waals surface area contributed by atoms with E-state index < -0.39 is 0 Å². The molecule has 5 nitrogen and oxygen atoms in total. The van der Waals surface area contributed by atoms with Crippen molar-refractivity contribution in [2.75, 3.05) is 5.43 Å². The van der Waals surface area contributed by atoms with Crippen LogP contribution in [0.4, 0.5) is 5.95 Å². The monoisotopic (exact) mass is 406 g/mol. The van der Waals surface area contributed by atoms with Crippen LogP contribution in [-0.4, -0.2) is 9.97 Å². The van der Waals surface area contributed by atoms with E-state index in [-0.39, 0.29) is 0 Å². The summed E-state index contributed by atoms with van der Waals surface area (Å²) in [4.78, 5) is 8.04. The van der Waals surface area contributed by atoms with Crippen molar-refractivity contribution in [3.05, 3.63) is 38.5 Å². The first-order valence-corrected chi connectivity index (χ1v) is 6.49. The number of rotatable bonds is 3. The number of ether oxygens (including phenoxy) is 1. The Labute approximate surface area is 120 Å². The molecule has 88 valence electrons. The van der Waals surface area contributed by atoms with Gasteiger partial charge in [0.25, 0.3) is 0 Å². The van der Waals surface area contributed by atoms with Crippen LogP contribution in [0.5, 0.6) is 11.6 Å². The maximum atomic E-state index is 5.63. The highest BCUT2D eigenvalue weighted by Gasteiger charge is 2.07. The van der Waals surface area contributed by atoms with E-state index in [9.17, 15) is 0 Å². The molecule has 3 N–H and O–H groups in total. The minimum absolute atomic E-state index is 0.300. The van der Waals surface area contributed by atoms with Crippen molar-refractivity contribution in [2.45, 2.75) is 0 Å². The van der Waals surface area contributed by atoms with Crippen LogP contribution in [-0.2, 0) is 0 Å². The van der Waals surface area contributed by atoms with Gasteiger partial charge in [-0.25, -0.2) is 10.8 Å². The molecule has 0 atom stereocenters. The van der Waals surface area contributed by atoms with Crippen molar-refractivity contribution in [3.8, 4) is 11.6 Å². The summed E-state index contributed by atoms with van der Waals surface area (Å²) in [5.41, 5.74) is 2.37. The second kappa shape index (κ2) is 5.61. The van der Waals surface area contributed by atoms with E-state index in [1.54, 1.807) is 6.20 Å². The summed E-state index contributed by atoms with van der Waals surface area (Å²) in [6, 6.07) is 7.65. The maximum Gasteiger partial charge on any atom is 0.240 e. The molecule has 0 amide bonds. The first-order chi connectivity index (χ1) is 8.19. The van der Waals surface area contributed by atoms with Gasteiger partial charge in [0, 0.05) is 3.57 Å². The minimum Gasteiger partial charge on any atom is -0.438 e. The third kappa shape index (κ3) is 3.27. The van der Waals surface area contributed by atoms with E-state index in [1.165, 1.54) is 0 Å². The van der Waals surface area contributed by atoms with Crippen molar-refractivity contribution in [1.29, 1.82) is 0 Å². The zero-order valence-electron chi connectivity index (χ0n) is 8.52. The quantitative estimate of drug-likeness (QED) is 0.465. The molecular formula is C10H8BrIN4O. The summed E-state index contributed by atoms with van der Waals surface area (Å²) in [5, 5.41) is 0. The lowest BCUT2D eigenvalue weighted by Crippen LogP contribution is -2.10. The van der Waals surface area contributed by atoms with Crippen molar-refractivity contribution >= 4 is 44.5 Å². The Hall–Kier alpha value is -0.930. The van der Waals surface area contributed by atoms with Gasteiger partial charge in [-0.1, -0.05) is 6.07 Å². The van der Waals surface area contributed by atoms with Gasteiger partial charge in [0.05, 0.1) is 10.7 Å². The van der Waals surface area contributed by atoms with Gasteiger partial charge < -0.3 is 4.74 Å². The molecule has 0 fully saturated rings. The van der Waals surface area contributed by atoms with E-state index >= 15 is 0 Å². The second-order valence-corrected chi connectivity index (χ2v) is 5.15. The molecule has 17 heavy (non-hydrogen) atoms. The number of nitrogens with zero attached hydrogens (tertiary/aromatic N) is 2. The molecule has 0 radical (unpaired) electrons. The summed E-state index contributed by atoms with van der Waals surface area (Å²) in [7, 11) is 0. The van der Waals surface area contributed by atoms with Gasteiger partial charge in [0.1, 0.15) is 5.75 Å². The Morgan fingerprint density at radius 1 is 1.41 bits per heavy atom. The lowest BCUT2D eigenvalue weighted by molar-refractivity contribution is 0.458. The van der Waals surface area contributed by atoms with Gasteiger partial charge in [-0.3, -0.25) is 5.43 Å². The molecule has 0 saturated heterocycles. The van der Waals surface area contributed by atoms with Gasteiger partial charge in [-0.05, 0) is 56.7 Å². The molecule has 2 rings (SSSR count). The first kappa shape index (κ1) is 12.5. The highest BCUT2D eigenvalue weighted by molar-refractivity contribution is 14.1. The normalized spacial score (nSPS) is 10.1. The molecule has 0 aliphatic heterocycles. The van der Waals surface area contributed by atoms with Crippen LogP contribution in [0.1, 0.15) is 0 Å². The maximum absolute atomic E-state index is 5.63. The Balaban J connectivity index is 2.29. The van der Waals surface area contributed by atoms with Crippen LogP contribution in [0.3, 0.4) is 0 Å². The van der Waals surface area contributed by atoms with Crippen LogP contribution in [0, 0.1) is 3.57 Å². The second-order valence-electron chi connectivity index (χ2n) is 3.05.